The molecule has 19 heavy (non-hydrogen) atoms. The molecule has 0 aliphatic heterocycles. The number of rotatable bonds is 3. The molecule has 0 heterocycles. The number of nitrogens with zero attached hydrogens (tertiary/aromatic N) is 1. The number of carboxylic acid groups (broad SMARTS) is 1. The molecule has 0 amide bonds. The lowest BCUT2D eigenvalue weighted by Crippen LogP contribution is -2.31. The predicted octanol–water partition coefficient (Wildman–Crippen LogP) is 4.31. The second kappa shape index (κ2) is 6.42. The number of aromatic carboxylic acids is 1. The third kappa shape index (κ3) is 3.50. The van der Waals surface area contributed by atoms with E-state index in [9.17, 15) is 4.79 Å². The first-order chi connectivity index (χ1) is 9.09. The summed E-state index contributed by atoms with van der Waals surface area (Å²) in [5, 5.41) is 9.04. The average molecular weight is 326 g/mol. The van der Waals surface area contributed by atoms with Crippen molar-refractivity contribution in [3.05, 3.63) is 28.2 Å². The van der Waals surface area contributed by atoms with Crippen LogP contribution < -0.4 is 4.90 Å². The van der Waals surface area contributed by atoms with Crippen molar-refractivity contribution in [3.8, 4) is 0 Å². The Morgan fingerprint density at radius 1 is 1.26 bits per heavy atom. The first-order valence-corrected chi connectivity index (χ1v) is 7.64. The van der Waals surface area contributed by atoms with Gasteiger partial charge in [0.25, 0.3) is 0 Å². The van der Waals surface area contributed by atoms with Gasteiger partial charge in [-0.15, -0.1) is 0 Å². The average Bonchev–Trinajstić information content (AvgIpc) is 2.66. The molecule has 0 spiro atoms. The molecular formula is C15H20BrNO2. The number of hydrogen-bond donors (Lipinski definition) is 1. The molecule has 1 aromatic rings. The largest absolute Gasteiger partial charge is 0.478 e. The smallest absolute Gasteiger partial charge is 0.336 e. The Morgan fingerprint density at radius 3 is 2.42 bits per heavy atom. The van der Waals surface area contributed by atoms with Crippen LogP contribution in [0.2, 0.25) is 0 Å². The predicted molar refractivity (Wildman–Crippen MR) is 81.0 cm³/mol. The van der Waals surface area contributed by atoms with Crippen LogP contribution in [0.3, 0.4) is 0 Å². The molecule has 2 rings (SSSR count). The minimum atomic E-state index is -0.893. The summed E-state index contributed by atoms with van der Waals surface area (Å²) in [6, 6.07) is 6.06. The highest BCUT2D eigenvalue weighted by Crippen LogP contribution is 2.28. The van der Waals surface area contributed by atoms with Gasteiger partial charge in [0.1, 0.15) is 0 Å². The second-order valence-corrected chi connectivity index (χ2v) is 6.08. The Balaban J connectivity index is 2.16. The maximum Gasteiger partial charge on any atom is 0.336 e. The summed E-state index contributed by atoms with van der Waals surface area (Å²) < 4.78 is 0.651. The van der Waals surface area contributed by atoms with Gasteiger partial charge in [-0.3, -0.25) is 0 Å². The molecular weight excluding hydrogens is 306 g/mol. The minimum Gasteiger partial charge on any atom is -0.478 e. The zero-order valence-electron chi connectivity index (χ0n) is 11.2. The Bertz CT molecular complexity index is 453. The van der Waals surface area contributed by atoms with Gasteiger partial charge in [0.05, 0.1) is 5.56 Å². The monoisotopic (exact) mass is 325 g/mol. The normalized spacial score (nSPS) is 16.9. The Labute approximate surface area is 122 Å². The lowest BCUT2D eigenvalue weighted by atomic mass is 10.1. The highest BCUT2D eigenvalue weighted by Gasteiger charge is 2.18. The third-order valence-corrected chi connectivity index (χ3v) is 4.62. The summed E-state index contributed by atoms with van der Waals surface area (Å²) >= 11 is 3.35. The van der Waals surface area contributed by atoms with Crippen molar-refractivity contribution >= 4 is 27.6 Å². The van der Waals surface area contributed by atoms with Gasteiger partial charge in [0.2, 0.25) is 0 Å². The molecule has 0 bridgehead atoms. The summed E-state index contributed by atoms with van der Waals surface area (Å²) in [6.07, 6.45) is 7.73. The van der Waals surface area contributed by atoms with Crippen LogP contribution in [0.5, 0.6) is 0 Å². The maximum absolute atomic E-state index is 11.0. The van der Waals surface area contributed by atoms with Crippen molar-refractivity contribution in [2.45, 2.75) is 44.6 Å². The van der Waals surface area contributed by atoms with E-state index in [1.807, 2.05) is 12.1 Å². The van der Waals surface area contributed by atoms with E-state index in [-0.39, 0.29) is 0 Å². The number of hydrogen-bond acceptors (Lipinski definition) is 2. The molecule has 1 aliphatic rings. The molecule has 3 nitrogen and oxygen atoms in total. The summed E-state index contributed by atoms with van der Waals surface area (Å²) in [6.45, 7) is 0. The number of carboxylic acids is 1. The molecule has 4 heteroatoms. The Morgan fingerprint density at radius 2 is 1.89 bits per heavy atom. The maximum atomic E-state index is 11.0. The molecule has 1 saturated carbocycles. The number of benzene rings is 1. The van der Waals surface area contributed by atoms with Crippen molar-refractivity contribution < 1.29 is 9.90 Å². The SMILES string of the molecule is CN(c1ccc(C(=O)O)c(Br)c1)C1CCCCCC1. The van der Waals surface area contributed by atoms with Gasteiger partial charge in [-0.25, -0.2) is 4.79 Å². The molecule has 0 unspecified atom stereocenters. The molecule has 0 radical (unpaired) electrons. The summed E-state index contributed by atoms with van der Waals surface area (Å²) in [7, 11) is 2.11. The summed E-state index contributed by atoms with van der Waals surface area (Å²) in [5.74, 6) is -0.893. The van der Waals surface area contributed by atoms with Crippen molar-refractivity contribution in [3.63, 3.8) is 0 Å². The standard InChI is InChI=1S/C15H20BrNO2/c1-17(11-6-4-2-3-5-7-11)12-8-9-13(15(18)19)14(16)10-12/h8-11H,2-7H2,1H3,(H,18,19). The fraction of sp³-hybridized carbons (Fsp3) is 0.533. The van der Waals surface area contributed by atoms with Crippen LogP contribution in [0, 0.1) is 0 Å². The van der Waals surface area contributed by atoms with Gasteiger partial charge in [-0.05, 0) is 47.0 Å². The zero-order valence-corrected chi connectivity index (χ0v) is 12.8. The van der Waals surface area contributed by atoms with Crippen molar-refractivity contribution in [1.82, 2.24) is 0 Å². The Hall–Kier alpha value is -1.03. The van der Waals surface area contributed by atoms with Crippen molar-refractivity contribution in [2.24, 2.45) is 0 Å². The van der Waals surface area contributed by atoms with Crippen molar-refractivity contribution in [1.29, 1.82) is 0 Å². The van der Waals surface area contributed by atoms with E-state index in [1.165, 1.54) is 38.5 Å². The van der Waals surface area contributed by atoms with E-state index in [0.29, 0.717) is 16.1 Å². The second-order valence-electron chi connectivity index (χ2n) is 5.23. The van der Waals surface area contributed by atoms with Gasteiger partial charge in [-0.2, -0.15) is 0 Å². The summed E-state index contributed by atoms with van der Waals surface area (Å²) in [5.41, 5.74) is 1.40. The molecule has 104 valence electrons. The third-order valence-electron chi connectivity index (χ3n) is 3.96. The topological polar surface area (TPSA) is 40.5 Å². The molecule has 1 fully saturated rings. The van der Waals surface area contributed by atoms with E-state index >= 15 is 0 Å². The van der Waals surface area contributed by atoms with Gasteiger partial charge in [-0.1, -0.05) is 25.7 Å². The van der Waals surface area contributed by atoms with Gasteiger partial charge in [0, 0.05) is 23.2 Å². The lowest BCUT2D eigenvalue weighted by molar-refractivity contribution is 0.0696. The molecule has 0 aromatic heterocycles. The van der Waals surface area contributed by atoms with E-state index in [0.717, 1.165) is 5.69 Å². The minimum absolute atomic E-state index is 0.318. The molecule has 1 aliphatic carbocycles. The quantitative estimate of drug-likeness (QED) is 0.842. The highest BCUT2D eigenvalue weighted by atomic mass is 79.9. The zero-order chi connectivity index (χ0) is 13.8. The molecule has 1 N–H and O–H groups in total. The highest BCUT2D eigenvalue weighted by molar-refractivity contribution is 9.10. The Kier molecular flexibility index (Phi) is 4.86. The van der Waals surface area contributed by atoms with Crippen LogP contribution >= 0.6 is 15.9 Å². The first kappa shape index (κ1) is 14.4. The molecule has 0 atom stereocenters. The van der Waals surface area contributed by atoms with Crippen LogP contribution in [-0.2, 0) is 0 Å². The lowest BCUT2D eigenvalue weighted by Gasteiger charge is -2.29. The molecule has 1 aromatic carbocycles. The van der Waals surface area contributed by atoms with Gasteiger partial charge in [0.15, 0.2) is 0 Å². The van der Waals surface area contributed by atoms with Crippen LogP contribution in [0.4, 0.5) is 5.69 Å². The van der Waals surface area contributed by atoms with E-state index in [2.05, 4.69) is 27.9 Å². The van der Waals surface area contributed by atoms with Crippen LogP contribution in [0.25, 0.3) is 0 Å². The number of halogens is 1. The molecule has 0 saturated heterocycles. The first-order valence-electron chi connectivity index (χ1n) is 6.85. The van der Waals surface area contributed by atoms with E-state index in [4.69, 9.17) is 5.11 Å². The summed E-state index contributed by atoms with van der Waals surface area (Å²) in [4.78, 5) is 13.3. The number of carbonyl (C=O) groups is 1. The van der Waals surface area contributed by atoms with Crippen LogP contribution in [0.1, 0.15) is 48.9 Å². The van der Waals surface area contributed by atoms with Crippen LogP contribution in [-0.4, -0.2) is 24.2 Å². The van der Waals surface area contributed by atoms with Gasteiger partial charge >= 0.3 is 5.97 Å². The van der Waals surface area contributed by atoms with E-state index < -0.39 is 5.97 Å². The van der Waals surface area contributed by atoms with Crippen molar-refractivity contribution in [2.75, 3.05) is 11.9 Å². The van der Waals surface area contributed by atoms with E-state index in [1.54, 1.807) is 6.07 Å². The van der Waals surface area contributed by atoms with Gasteiger partial charge < -0.3 is 10.0 Å². The van der Waals surface area contributed by atoms with Crippen LogP contribution in [0.15, 0.2) is 22.7 Å². The fourth-order valence-corrected chi connectivity index (χ4v) is 3.29. The fourth-order valence-electron chi connectivity index (χ4n) is 2.75. The number of anilines is 1.